The fourth-order valence-electron chi connectivity index (χ4n) is 1.86. The van der Waals surface area contributed by atoms with Gasteiger partial charge in [0, 0.05) is 25.0 Å². The van der Waals surface area contributed by atoms with Crippen LogP contribution in [0.1, 0.15) is 17.5 Å². The standard InChI is InChI=1S/C11H14BrN3OS/c1-2-10(16)15-5-3-8(13-4-6-15)11-14-9(12)7-17-11/h2,7-8,13H,1,3-6H2. The molecule has 1 aliphatic heterocycles. The van der Waals surface area contributed by atoms with Crippen molar-refractivity contribution in [3.8, 4) is 0 Å². The van der Waals surface area contributed by atoms with Crippen LogP contribution >= 0.6 is 27.3 Å². The third kappa shape index (κ3) is 3.14. The molecule has 1 aromatic heterocycles. The second kappa shape index (κ2) is 5.75. The van der Waals surface area contributed by atoms with Crippen LogP contribution in [0.15, 0.2) is 22.6 Å². The lowest BCUT2D eigenvalue weighted by Crippen LogP contribution is -2.32. The third-order valence-electron chi connectivity index (χ3n) is 2.74. The molecule has 1 N–H and O–H groups in total. The number of carbonyl (C=O) groups excluding carboxylic acids is 1. The van der Waals surface area contributed by atoms with E-state index in [1.807, 2.05) is 10.3 Å². The lowest BCUT2D eigenvalue weighted by atomic mass is 10.2. The molecule has 6 heteroatoms. The van der Waals surface area contributed by atoms with Crippen LogP contribution in [0.4, 0.5) is 0 Å². The van der Waals surface area contributed by atoms with E-state index in [2.05, 4.69) is 32.8 Å². The summed E-state index contributed by atoms with van der Waals surface area (Å²) in [6, 6.07) is 0.244. The lowest BCUT2D eigenvalue weighted by molar-refractivity contribution is -0.125. The second-order valence-corrected chi connectivity index (χ2v) is 5.54. The molecule has 1 saturated heterocycles. The zero-order chi connectivity index (χ0) is 12.3. The largest absolute Gasteiger partial charge is 0.338 e. The van der Waals surface area contributed by atoms with Crippen LogP contribution in [0.5, 0.6) is 0 Å². The minimum atomic E-state index is 0.00719. The third-order valence-corrected chi connectivity index (χ3v) is 4.41. The molecule has 0 aliphatic carbocycles. The van der Waals surface area contributed by atoms with E-state index in [0.717, 1.165) is 35.7 Å². The highest BCUT2D eigenvalue weighted by Crippen LogP contribution is 2.24. The van der Waals surface area contributed by atoms with Gasteiger partial charge in [0.1, 0.15) is 9.61 Å². The van der Waals surface area contributed by atoms with E-state index in [1.54, 1.807) is 11.3 Å². The van der Waals surface area contributed by atoms with Crippen molar-refractivity contribution < 1.29 is 4.79 Å². The van der Waals surface area contributed by atoms with Crippen LogP contribution in [0.2, 0.25) is 0 Å². The molecule has 92 valence electrons. The summed E-state index contributed by atoms with van der Waals surface area (Å²) in [5.74, 6) is 0.00719. The van der Waals surface area contributed by atoms with Gasteiger partial charge in [-0.1, -0.05) is 6.58 Å². The van der Waals surface area contributed by atoms with Crippen molar-refractivity contribution >= 4 is 33.2 Å². The van der Waals surface area contributed by atoms with Crippen molar-refractivity contribution in [1.82, 2.24) is 15.2 Å². The first-order valence-corrected chi connectivity index (χ1v) is 7.13. The Hall–Kier alpha value is -0.720. The van der Waals surface area contributed by atoms with Gasteiger partial charge in [0.15, 0.2) is 0 Å². The highest BCUT2D eigenvalue weighted by Gasteiger charge is 2.21. The predicted molar refractivity (Wildman–Crippen MR) is 72.0 cm³/mol. The van der Waals surface area contributed by atoms with Crippen molar-refractivity contribution in [2.75, 3.05) is 19.6 Å². The van der Waals surface area contributed by atoms with Gasteiger partial charge in [-0.15, -0.1) is 11.3 Å². The SMILES string of the molecule is C=CC(=O)N1CCNC(c2nc(Br)cs2)CC1. The second-order valence-electron chi connectivity index (χ2n) is 3.83. The number of hydrogen-bond acceptors (Lipinski definition) is 4. The number of hydrogen-bond donors (Lipinski definition) is 1. The highest BCUT2D eigenvalue weighted by molar-refractivity contribution is 9.10. The Kier molecular flexibility index (Phi) is 4.31. The van der Waals surface area contributed by atoms with Crippen molar-refractivity contribution in [2.24, 2.45) is 0 Å². The van der Waals surface area contributed by atoms with E-state index >= 15 is 0 Å². The van der Waals surface area contributed by atoms with E-state index in [9.17, 15) is 4.79 Å². The first-order valence-electron chi connectivity index (χ1n) is 5.46. The minimum absolute atomic E-state index is 0.00719. The Balaban J connectivity index is 2.00. The summed E-state index contributed by atoms with van der Waals surface area (Å²) in [4.78, 5) is 17.8. The summed E-state index contributed by atoms with van der Waals surface area (Å²) >= 11 is 4.99. The number of nitrogens with one attached hydrogen (secondary N) is 1. The lowest BCUT2D eigenvalue weighted by Gasteiger charge is -2.17. The molecule has 1 fully saturated rings. The van der Waals surface area contributed by atoms with Crippen molar-refractivity contribution in [2.45, 2.75) is 12.5 Å². The molecule has 0 spiro atoms. The number of aromatic nitrogens is 1. The first kappa shape index (κ1) is 12.7. The highest BCUT2D eigenvalue weighted by atomic mass is 79.9. The zero-order valence-corrected chi connectivity index (χ0v) is 11.8. The Morgan fingerprint density at radius 3 is 3.18 bits per heavy atom. The van der Waals surface area contributed by atoms with Crippen LogP contribution in [0, 0.1) is 0 Å². The minimum Gasteiger partial charge on any atom is -0.338 e. The van der Waals surface area contributed by atoms with Gasteiger partial charge < -0.3 is 10.2 Å². The van der Waals surface area contributed by atoms with Crippen molar-refractivity contribution in [3.05, 3.63) is 27.6 Å². The fourth-order valence-corrected chi connectivity index (χ4v) is 3.24. The number of nitrogens with zero attached hydrogens (tertiary/aromatic N) is 2. The molecular weight excluding hydrogens is 302 g/mol. The van der Waals surface area contributed by atoms with Gasteiger partial charge in [-0.3, -0.25) is 4.79 Å². The zero-order valence-electron chi connectivity index (χ0n) is 9.36. The van der Waals surface area contributed by atoms with Gasteiger partial charge in [-0.05, 0) is 28.4 Å². The molecule has 4 nitrogen and oxygen atoms in total. The predicted octanol–water partition coefficient (Wildman–Crippen LogP) is 1.95. The molecule has 1 atom stereocenters. The Morgan fingerprint density at radius 2 is 2.53 bits per heavy atom. The maximum atomic E-state index is 11.5. The van der Waals surface area contributed by atoms with E-state index < -0.39 is 0 Å². The molecule has 2 rings (SSSR count). The van der Waals surface area contributed by atoms with E-state index in [0.29, 0.717) is 0 Å². The first-order chi connectivity index (χ1) is 8.20. The van der Waals surface area contributed by atoms with Crippen molar-refractivity contribution in [1.29, 1.82) is 0 Å². The summed E-state index contributed by atoms with van der Waals surface area (Å²) in [6.07, 6.45) is 2.26. The van der Waals surface area contributed by atoms with Gasteiger partial charge in [-0.2, -0.15) is 0 Å². The summed E-state index contributed by atoms with van der Waals surface area (Å²) in [6.45, 7) is 5.79. The molecule has 1 aromatic rings. The maximum absolute atomic E-state index is 11.5. The summed E-state index contributed by atoms with van der Waals surface area (Å²) in [5.41, 5.74) is 0. The molecule has 1 aliphatic rings. The van der Waals surface area contributed by atoms with Crippen LogP contribution in [0.25, 0.3) is 0 Å². The molecular formula is C11H14BrN3OS. The van der Waals surface area contributed by atoms with E-state index in [1.165, 1.54) is 6.08 Å². The van der Waals surface area contributed by atoms with Gasteiger partial charge in [0.2, 0.25) is 5.91 Å². The number of rotatable bonds is 2. The van der Waals surface area contributed by atoms with Crippen LogP contribution in [0.3, 0.4) is 0 Å². The van der Waals surface area contributed by atoms with Crippen LogP contribution < -0.4 is 5.32 Å². The van der Waals surface area contributed by atoms with Crippen molar-refractivity contribution in [3.63, 3.8) is 0 Å². The maximum Gasteiger partial charge on any atom is 0.245 e. The number of thiazole rings is 1. The average Bonchev–Trinajstić information content (AvgIpc) is 2.63. The normalized spacial score (nSPS) is 21.0. The molecule has 0 bridgehead atoms. The van der Waals surface area contributed by atoms with E-state index in [4.69, 9.17) is 0 Å². The number of halogens is 1. The quantitative estimate of drug-likeness (QED) is 0.849. The molecule has 0 saturated carbocycles. The van der Waals surface area contributed by atoms with Crippen LogP contribution in [-0.4, -0.2) is 35.4 Å². The Bertz CT molecular complexity index is 421. The fraction of sp³-hybridized carbons (Fsp3) is 0.455. The Morgan fingerprint density at radius 1 is 1.71 bits per heavy atom. The number of amides is 1. The molecule has 1 amide bonds. The molecule has 0 radical (unpaired) electrons. The summed E-state index contributed by atoms with van der Waals surface area (Å²) in [5, 5.41) is 6.47. The summed E-state index contributed by atoms with van der Waals surface area (Å²) in [7, 11) is 0. The Labute approximate surface area is 113 Å². The topological polar surface area (TPSA) is 45.2 Å². The van der Waals surface area contributed by atoms with Crippen LogP contribution in [-0.2, 0) is 4.79 Å². The molecule has 17 heavy (non-hydrogen) atoms. The monoisotopic (exact) mass is 315 g/mol. The summed E-state index contributed by atoms with van der Waals surface area (Å²) < 4.78 is 0.877. The smallest absolute Gasteiger partial charge is 0.245 e. The van der Waals surface area contributed by atoms with Gasteiger partial charge in [0.05, 0.1) is 6.04 Å². The van der Waals surface area contributed by atoms with Gasteiger partial charge in [-0.25, -0.2) is 4.98 Å². The van der Waals surface area contributed by atoms with Gasteiger partial charge >= 0.3 is 0 Å². The molecule has 2 heterocycles. The molecule has 0 aromatic carbocycles. The van der Waals surface area contributed by atoms with Gasteiger partial charge in [0.25, 0.3) is 0 Å². The number of carbonyl (C=O) groups is 1. The molecule has 1 unspecified atom stereocenters. The average molecular weight is 316 g/mol. The van der Waals surface area contributed by atoms with E-state index in [-0.39, 0.29) is 11.9 Å².